The van der Waals surface area contributed by atoms with Gasteiger partial charge in [-0.2, -0.15) is 0 Å². The van der Waals surface area contributed by atoms with E-state index < -0.39 is 18.5 Å². The molecular formula is C27H21N3O7. The average molecular weight is 499 g/mol. The van der Waals surface area contributed by atoms with Crippen LogP contribution in [0.5, 0.6) is 11.5 Å². The van der Waals surface area contributed by atoms with E-state index in [0.29, 0.717) is 51.1 Å². The van der Waals surface area contributed by atoms with Crippen LogP contribution in [-0.2, 0) is 9.53 Å². The highest BCUT2D eigenvalue weighted by Crippen LogP contribution is 2.32. The third-order valence-corrected chi connectivity index (χ3v) is 5.38. The van der Waals surface area contributed by atoms with E-state index in [1.807, 2.05) is 0 Å². The minimum absolute atomic E-state index is 0.216. The second kappa shape index (κ2) is 10.2. The molecule has 0 bridgehead atoms. The van der Waals surface area contributed by atoms with Gasteiger partial charge in [-0.25, -0.2) is 14.8 Å². The van der Waals surface area contributed by atoms with Crippen LogP contribution in [-0.4, -0.2) is 42.7 Å². The predicted molar refractivity (Wildman–Crippen MR) is 133 cm³/mol. The highest BCUT2D eigenvalue weighted by molar-refractivity contribution is 5.97. The normalized spacial score (nSPS) is 10.8. The van der Waals surface area contributed by atoms with Crippen LogP contribution in [0.2, 0.25) is 0 Å². The molecule has 0 fully saturated rings. The summed E-state index contributed by atoms with van der Waals surface area (Å²) in [6.45, 7) is -0.489. The number of furan rings is 2. The van der Waals surface area contributed by atoms with Crippen molar-refractivity contribution >= 4 is 28.6 Å². The van der Waals surface area contributed by atoms with Crippen LogP contribution in [0.25, 0.3) is 33.9 Å². The van der Waals surface area contributed by atoms with Crippen molar-refractivity contribution in [3.05, 3.63) is 78.8 Å². The lowest BCUT2D eigenvalue weighted by atomic mass is 10.1. The summed E-state index contributed by atoms with van der Waals surface area (Å²) in [4.78, 5) is 34.4. The molecule has 10 heteroatoms. The van der Waals surface area contributed by atoms with E-state index in [-0.39, 0.29) is 5.56 Å². The summed E-state index contributed by atoms with van der Waals surface area (Å²) in [6, 6.07) is 16.7. The lowest BCUT2D eigenvalue weighted by Gasteiger charge is -2.10. The zero-order valence-corrected chi connectivity index (χ0v) is 19.9. The molecule has 0 atom stereocenters. The zero-order chi connectivity index (χ0) is 25.8. The van der Waals surface area contributed by atoms with E-state index in [2.05, 4.69) is 15.3 Å². The molecule has 10 nitrogen and oxygen atoms in total. The van der Waals surface area contributed by atoms with Crippen molar-refractivity contribution in [3.63, 3.8) is 0 Å². The Morgan fingerprint density at radius 3 is 2.00 bits per heavy atom. The van der Waals surface area contributed by atoms with Gasteiger partial charge in [-0.1, -0.05) is 0 Å². The predicted octanol–water partition coefficient (Wildman–Crippen LogP) is 4.96. The van der Waals surface area contributed by atoms with Gasteiger partial charge in [0.15, 0.2) is 18.1 Å². The number of benzene rings is 2. The molecule has 0 saturated heterocycles. The number of carbonyl (C=O) groups excluding carboxylic acids is 2. The highest BCUT2D eigenvalue weighted by Gasteiger charge is 2.19. The molecule has 5 aromatic rings. The fourth-order valence-electron chi connectivity index (χ4n) is 3.64. The highest BCUT2D eigenvalue weighted by atomic mass is 16.5. The fraction of sp³-hybridized carbons (Fsp3) is 0.111. The average Bonchev–Trinajstić information content (AvgIpc) is 3.65. The number of rotatable bonds is 8. The number of aromatic nitrogens is 2. The molecule has 1 amide bonds. The second-order valence-corrected chi connectivity index (χ2v) is 7.80. The van der Waals surface area contributed by atoms with Gasteiger partial charge in [0.2, 0.25) is 0 Å². The van der Waals surface area contributed by atoms with Gasteiger partial charge in [-0.3, -0.25) is 4.79 Å². The number of methoxy groups -OCH3 is 2. The molecule has 186 valence electrons. The van der Waals surface area contributed by atoms with Crippen LogP contribution in [0.1, 0.15) is 10.4 Å². The van der Waals surface area contributed by atoms with E-state index in [1.165, 1.54) is 20.5 Å². The Labute approximate surface area is 210 Å². The number of nitrogens with zero attached hydrogens (tertiary/aromatic N) is 2. The Morgan fingerprint density at radius 2 is 1.43 bits per heavy atom. The maximum atomic E-state index is 12.7. The van der Waals surface area contributed by atoms with Gasteiger partial charge < -0.3 is 28.4 Å². The minimum atomic E-state index is -0.684. The maximum absolute atomic E-state index is 12.7. The number of amides is 1. The van der Waals surface area contributed by atoms with Crippen molar-refractivity contribution < 1.29 is 32.6 Å². The molecule has 37 heavy (non-hydrogen) atoms. The molecule has 3 aromatic heterocycles. The first-order valence-corrected chi connectivity index (χ1v) is 11.1. The topological polar surface area (TPSA) is 126 Å². The van der Waals surface area contributed by atoms with Crippen molar-refractivity contribution in [1.29, 1.82) is 0 Å². The van der Waals surface area contributed by atoms with Crippen molar-refractivity contribution in [1.82, 2.24) is 9.97 Å². The number of carbonyl (C=O) groups is 2. The Bertz CT molecular complexity index is 1540. The van der Waals surface area contributed by atoms with Gasteiger partial charge in [-0.15, -0.1) is 0 Å². The maximum Gasteiger partial charge on any atom is 0.338 e. The molecule has 3 heterocycles. The van der Waals surface area contributed by atoms with Gasteiger partial charge in [0.1, 0.15) is 22.9 Å². The zero-order valence-electron chi connectivity index (χ0n) is 19.9. The molecule has 0 unspecified atom stereocenters. The summed E-state index contributed by atoms with van der Waals surface area (Å²) in [5, 5.41) is 2.65. The SMILES string of the molecule is COc1cc(NC(=O)COC(=O)c2ccc3nc(-c4ccco4)c(-c4ccco4)nc3c2)cc(OC)c1. The molecule has 2 aromatic carbocycles. The van der Waals surface area contributed by atoms with Gasteiger partial charge in [-0.05, 0) is 42.5 Å². The number of ether oxygens (including phenoxy) is 3. The Morgan fingerprint density at radius 1 is 0.811 bits per heavy atom. The van der Waals surface area contributed by atoms with E-state index in [0.717, 1.165) is 0 Å². The first kappa shape index (κ1) is 23.6. The number of nitrogens with one attached hydrogen (secondary N) is 1. The van der Waals surface area contributed by atoms with Gasteiger partial charge in [0, 0.05) is 23.9 Å². The van der Waals surface area contributed by atoms with E-state index in [9.17, 15) is 9.59 Å². The molecule has 0 saturated carbocycles. The standard InChI is InChI=1S/C27H21N3O7/c1-33-18-12-17(13-19(14-18)34-2)28-24(31)15-37-27(32)16-7-8-20-21(11-16)30-26(23-6-4-10-36-23)25(29-20)22-5-3-9-35-22/h3-14H,15H2,1-2H3,(H,28,31). The van der Waals surface area contributed by atoms with E-state index in [4.69, 9.17) is 23.0 Å². The van der Waals surface area contributed by atoms with Crippen molar-refractivity contribution in [3.8, 4) is 34.4 Å². The van der Waals surface area contributed by atoms with Gasteiger partial charge >= 0.3 is 5.97 Å². The summed E-state index contributed by atoms with van der Waals surface area (Å²) in [5.74, 6) is 0.842. The lowest BCUT2D eigenvalue weighted by molar-refractivity contribution is -0.119. The monoisotopic (exact) mass is 499 g/mol. The number of anilines is 1. The molecule has 0 spiro atoms. The minimum Gasteiger partial charge on any atom is -0.497 e. The molecule has 0 radical (unpaired) electrons. The van der Waals surface area contributed by atoms with Crippen LogP contribution in [0.4, 0.5) is 5.69 Å². The fourth-order valence-corrected chi connectivity index (χ4v) is 3.64. The second-order valence-electron chi connectivity index (χ2n) is 7.80. The number of hydrogen-bond acceptors (Lipinski definition) is 9. The molecule has 5 rings (SSSR count). The van der Waals surface area contributed by atoms with Crippen molar-refractivity contribution in [2.24, 2.45) is 0 Å². The smallest absolute Gasteiger partial charge is 0.338 e. The van der Waals surface area contributed by atoms with Crippen LogP contribution in [0.3, 0.4) is 0 Å². The summed E-state index contributed by atoms with van der Waals surface area (Å²) in [7, 11) is 3.01. The lowest BCUT2D eigenvalue weighted by Crippen LogP contribution is -2.21. The summed E-state index contributed by atoms with van der Waals surface area (Å²) in [6.07, 6.45) is 3.08. The Hall–Kier alpha value is -5.12. The molecule has 0 aliphatic heterocycles. The van der Waals surface area contributed by atoms with Crippen LogP contribution < -0.4 is 14.8 Å². The quantitative estimate of drug-likeness (QED) is 0.295. The number of fused-ring (bicyclic) bond motifs is 1. The molecule has 0 aliphatic carbocycles. The van der Waals surface area contributed by atoms with Crippen molar-refractivity contribution in [2.75, 3.05) is 26.1 Å². The molecule has 1 N–H and O–H groups in total. The third-order valence-electron chi connectivity index (χ3n) is 5.38. The molecular weight excluding hydrogens is 478 g/mol. The summed E-state index contributed by atoms with van der Waals surface area (Å²) >= 11 is 0. The van der Waals surface area contributed by atoms with Crippen molar-refractivity contribution in [2.45, 2.75) is 0 Å². The van der Waals surface area contributed by atoms with Crippen LogP contribution in [0, 0.1) is 0 Å². The Balaban J connectivity index is 1.34. The Kier molecular flexibility index (Phi) is 6.54. The third kappa shape index (κ3) is 5.13. The largest absolute Gasteiger partial charge is 0.497 e. The summed E-state index contributed by atoms with van der Waals surface area (Å²) in [5.41, 5.74) is 2.62. The van der Waals surface area contributed by atoms with Gasteiger partial charge in [0.25, 0.3) is 5.91 Å². The van der Waals surface area contributed by atoms with E-state index >= 15 is 0 Å². The van der Waals surface area contributed by atoms with E-state index in [1.54, 1.807) is 66.9 Å². The number of hydrogen-bond donors (Lipinski definition) is 1. The summed E-state index contributed by atoms with van der Waals surface area (Å²) < 4.78 is 26.7. The van der Waals surface area contributed by atoms with Crippen LogP contribution in [0.15, 0.2) is 82.0 Å². The van der Waals surface area contributed by atoms with Crippen LogP contribution >= 0.6 is 0 Å². The number of esters is 1. The van der Waals surface area contributed by atoms with Gasteiger partial charge in [0.05, 0.1) is 43.3 Å². The molecule has 0 aliphatic rings. The first-order valence-electron chi connectivity index (χ1n) is 11.1. The first-order chi connectivity index (χ1) is 18.0.